The number of para-hydroxylation sites is 2. The van der Waals surface area contributed by atoms with Gasteiger partial charge in [-0.1, -0.05) is 24.3 Å². The van der Waals surface area contributed by atoms with Crippen LogP contribution in [0, 0.1) is 13.8 Å². The van der Waals surface area contributed by atoms with Crippen LogP contribution in [-0.2, 0) is 16.1 Å². The number of hydrogen-bond acceptors (Lipinski definition) is 6. The first-order chi connectivity index (χ1) is 16.4. The SMILES string of the molecule is CSc1ccc(/C=C/C(=O)OCC(=O)c2cc(C)n(CC3COc4ccccc4O3)c2C)cc1. The quantitative estimate of drug-likeness (QED) is 0.195. The average Bonchev–Trinajstić information content (AvgIpc) is 3.14. The second-order valence-corrected chi connectivity index (χ2v) is 8.91. The fourth-order valence-electron chi connectivity index (χ4n) is 3.86. The molecule has 0 fully saturated rings. The molecule has 7 heteroatoms. The summed E-state index contributed by atoms with van der Waals surface area (Å²) in [6.07, 6.45) is 4.85. The number of esters is 1. The van der Waals surface area contributed by atoms with Gasteiger partial charge in [-0.3, -0.25) is 4.79 Å². The first kappa shape index (κ1) is 23.7. The van der Waals surface area contributed by atoms with Crippen molar-refractivity contribution in [2.75, 3.05) is 19.5 Å². The Kier molecular flexibility index (Phi) is 7.43. The van der Waals surface area contributed by atoms with Crippen LogP contribution in [0.4, 0.5) is 0 Å². The van der Waals surface area contributed by atoms with Gasteiger partial charge in [0.25, 0.3) is 0 Å². The lowest BCUT2D eigenvalue weighted by atomic mass is 10.1. The number of ketones is 1. The number of aromatic nitrogens is 1. The number of rotatable bonds is 8. The number of ether oxygens (including phenoxy) is 3. The summed E-state index contributed by atoms with van der Waals surface area (Å²) >= 11 is 1.65. The third-order valence-corrected chi connectivity index (χ3v) is 6.44. The van der Waals surface area contributed by atoms with Crippen LogP contribution in [-0.4, -0.2) is 41.9 Å². The number of thioether (sulfide) groups is 1. The minimum atomic E-state index is -0.553. The summed E-state index contributed by atoms with van der Waals surface area (Å²) in [5, 5.41) is 0. The van der Waals surface area contributed by atoms with E-state index in [1.54, 1.807) is 17.8 Å². The number of aryl methyl sites for hydroxylation is 1. The molecule has 0 saturated heterocycles. The topological polar surface area (TPSA) is 66.8 Å². The molecule has 0 aliphatic carbocycles. The highest BCUT2D eigenvalue weighted by Gasteiger charge is 2.24. The summed E-state index contributed by atoms with van der Waals surface area (Å²) in [7, 11) is 0. The smallest absolute Gasteiger partial charge is 0.331 e. The Hall–Kier alpha value is -3.45. The standard InChI is InChI=1S/C27H27NO5S/c1-18-14-23(19(2)28(18)15-21-16-31-25-6-4-5-7-26(25)33-21)24(29)17-32-27(30)13-10-20-8-11-22(34-3)12-9-20/h4-14,21H,15-17H2,1-3H3/b13-10+. The van der Waals surface area contributed by atoms with Crippen LogP contribution in [0.15, 0.2) is 65.6 Å². The van der Waals surface area contributed by atoms with Crippen molar-refractivity contribution in [1.29, 1.82) is 0 Å². The van der Waals surface area contributed by atoms with Gasteiger partial charge in [0.05, 0.1) is 6.54 Å². The van der Waals surface area contributed by atoms with Crippen LogP contribution >= 0.6 is 11.8 Å². The van der Waals surface area contributed by atoms with Gasteiger partial charge in [-0.15, -0.1) is 11.8 Å². The molecule has 2 aromatic carbocycles. The Labute approximate surface area is 203 Å². The fraction of sp³-hybridized carbons (Fsp3) is 0.259. The van der Waals surface area contributed by atoms with Gasteiger partial charge in [0.2, 0.25) is 5.78 Å². The lowest BCUT2D eigenvalue weighted by Crippen LogP contribution is -2.33. The summed E-state index contributed by atoms with van der Waals surface area (Å²) < 4.78 is 19.1. The largest absolute Gasteiger partial charge is 0.486 e. The maximum Gasteiger partial charge on any atom is 0.331 e. The predicted octanol–water partition coefficient (Wildman–Crippen LogP) is 5.11. The van der Waals surface area contributed by atoms with Gasteiger partial charge in [-0.05, 0) is 62.1 Å². The highest BCUT2D eigenvalue weighted by molar-refractivity contribution is 7.98. The Balaban J connectivity index is 1.34. The van der Waals surface area contributed by atoms with Crippen molar-refractivity contribution in [3.05, 3.63) is 83.2 Å². The highest BCUT2D eigenvalue weighted by Crippen LogP contribution is 2.31. The summed E-state index contributed by atoms with van der Waals surface area (Å²) in [6.45, 7) is 4.50. The van der Waals surface area contributed by atoms with Crippen LogP contribution in [0.2, 0.25) is 0 Å². The molecule has 0 N–H and O–H groups in total. The van der Waals surface area contributed by atoms with E-state index < -0.39 is 5.97 Å². The van der Waals surface area contributed by atoms with E-state index in [0.717, 1.165) is 33.3 Å². The molecule has 0 spiro atoms. The molecule has 176 valence electrons. The molecule has 4 rings (SSSR count). The number of benzene rings is 2. The second kappa shape index (κ2) is 10.7. The van der Waals surface area contributed by atoms with Crippen LogP contribution in [0.5, 0.6) is 11.5 Å². The number of fused-ring (bicyclic) bond motifs is 1. The van der Waals surface area contributed by atoms with Crippen molar-refractivity contribution >= 4 is 29.6 Å². The zero-order chi connectivity index (χ0) is 24.1. The van der Waals surface area contributed by atoms with Crippen molar-refractivity contribution in [3.8, 4) is 11.5 Å². The van der Waals surface area contributed by atoms with Gasteiger partial charge < -0.3 is 18.8 Å². The van der Waals surface area contributed by atoms with E-state index in [1.807, 2.05) is 79.3 Å². The third kappa shape index (κ3) is 5.54. The fourth-order valence-corrected chi connectivity index (χ4v) is 4.27. The van der Waals surface area contributed by atoms with Crippen molar-refractivity contribution in [2.24, 2.45) is 0 Å². The van der Waals surface area contributed by atoms with Gasteiger partial charge in [0.1, 0.15) is 6.61 Å². The predicted molar refractivity (Wildman–Crippen MR) is 133 cm³/mol. The molecule has 0 radical (unpaired) electrons. The minimum absolute atomic E-state index is 0.171. The van der Waals surface area contributed by atoms with E-state index in [0.29, 0.717) is 18.7 Å². The summed E-state index contributed by atoms with van der Waals surface area (Å²) in [5.74, 6) is 0.667. The number of Topliss-reactive ketones (excluding diaryl/α,β-unsaturated/α-hetero) is 1. The van der Waals surface area contributed by atoms with E-state index in [9.17, 15) is 9.59 Å². The summed E-state index contributed by atoms with van der Waals surface area (Å²) in [4.78, 5) is 26.0. The number of hydrogen-bond donors (Lipinski definition) is 0. The molecule has 1 aliphatic heterocycles. The maximum absolute atomic E-state index is 12.8. The Morgan fingerprint density at radius 3 is 2.59 bits per heavy atom. The average molecular weight is 478 g/mol. The van der Waals surface area contributed by atoms with Gasteiger partial charge in [0, 0.05) is 27.9 Å². The van der Waals surface area contributed by atoms with E-state index in [4.69, 9.17) is 14.2 Å². The Morgan fingerprint density at radius 2 is 1.85 bits per heavy atom. The molecule has 3 aromatic rings. The van der Waals surface area contributed by atoms with E-state index in [1.165, 1.54) is 6.08 Å². The second-order valence-electron chi connectivity index (χ2n) is 8.03. The van der Waals surface area contributed by atoms with Gasteiger partial charge in [-0.2, -0.15) is 0 Å². The molecule has 1 unspecified atom stereocenters. The van der Waals surface area contributed by atoms with E-state index in [2.05, 4.69) is 0 Å². The molecular formula is C27H27NO5S. The number of carbonyl (C=O) groups excluding carboxylic acids is 2. The molecule has 6 nitrogen and oxygen atoms in total. The monoisotopic (exact) mass is 477 g/mol. The first-order valence-corrected chi connectivity index (χ1v) is 12.2. The van der Waals surface area contributed by atoms with Crippen molar-refractivity contribution in [2.45, 2.75) is 31.4 Å². The lowest BCUT2D eigenvalue weighted by Gasteiger charge is -2.27. The van der Waals surface area contributed by atoms with Crippen LogP contribution in [0.25, 0.3) is 6.08 Å². The molecular weight excluding hydrogens is 450 g/mol. The van der Waals surface area contributed by atoms with Crippen molar-refractivity contribution in [3.63, 3.8) is 0 Å². The molecule has 1 aliphatic rings. The molecule has 1 aromatic heterocycles. The van der Waals surface area contributed by atoms with Crippen LogP contribution in [0.3, 0.4) is 0 Å². The molecule has 0 bridgehead atoms. The lowest BCUT2D eigenvalue weighted by molar-refractivity contribution is -0.136. The van der Waals surface area contributed by atoms with Crippen LogP contribution in [0.1, 0.15) is 27.3 Å². The molecule has 2 heterocycles. The molecule has 34 heavy (non-hydrogen) atoms. The van der Waals surface area contributed by atoms with E-state index in [-0.39, 0.29) is 18.5 Å². The van der Waals surface area contributed by atoms with E-state index >= 15 is 0 Å². The zero-order valence-electron chi connectivity index (χ0n) is 19.4. The van der Waals surface area contributed by atoms with Gasteiger partial charge in [0.15, 0.2) is 24.2 Å². The summed E-state index contributed by atoms with van der Waals surface area (Å²) in [5.41, 5.74) is 3.17. The van der Waals surface area contributed by atoms with Gasteiger partial charge in [-0.25, -0.2) is 4.79 Å². The van der Waals surface area contributed by atoms with Crippen LogP contribution < -0.4 is 9.47 Å². The van der Waals surface area contributed by atoms with Gasteiger partial charge >= 0.3 is 5.97 Å². The third-order valence-electron chi connectivity index (χ3n) is 5.70. The minimum Gasteiger partial charge on any atom is -0.486 e. The molecule has 1 atom stereocenters. The highest BCUT2D eigenvalue weighted by atomic mass is 32.2. The number of carbonyl (C=O) groups is 2. The molecule has 0 saturated carbocycles. The Morgan fingerprint density at radius 1 is 1.12 bits per heavy atom. The zero-order valence-corrected chi connectivity index (χ0v) is 20.3. The Bertz CT molecular complexity index is 1210. The number of nitrogens with zero attached hydrogens (tertiary/aromatic N) is 1. The van der Waals surface area contributed by atoms with Crippen molar-refractivity contribution < 1.29 is 23.8 Å². The first-order valence-electron chi connectivity index (χ1n) is 11.0. The molecule has 0 amide bonds. The summed E-state index contributed by atoms with van der Waals surface area (Å²) in [6, 6.07) is 17.2. The maximum atomic E-state index is 12.8. The van der Waals surface area contributed by atoms with Crippen molar-refractivity contribution in [1.82, 2.24) is 4.57 Å². The normalized spacial score (nSPS) is 14.9.